The second kappa shape index (κ2) is 8.95. The molecule has 6 atom stereocenters. The van der Waals surface area contributed by atoms with E-state index in [1.54, 1.807) is 18.2 Å². The number of aliphatic carboxylic acids is 1. The molecule has 2 saturated carbocycles. The predicted molar refractivity (Wildman–Crippen MR) is 97.4 cm³/mol. The first-order chi connectivity index (χ1) is 12.9. The first-order valence-electron chi connectivity index (χ1n) is 9.53. The molecular formula is C21H27FO5. The number of hydrogen-bond acceptors (Lipinski definition) is 4. The van der Waals surface area contributed by atoms with Crippen LogP contribution in [-0.4, -0.2) is 40.6 Å². The number of halogens is 1. The summed E-state index contributed by atoms with van der Waals surface area (Å²) in [6.07, 6.45) is 5.99. The molecule has 27 heavy (non-hydrogen) atoms. The van der Waals surface area contributed by atoms with Crippen LogP contribution in [0.4, 0.5) is 4.39 Å². The Labute approximate surface area is 158 Å². The highest BCUT2D eigenvalue weighted by Gasteiger charge is 2.46. The Morgan fingerprint density at radius 2 is 2.00 bits per heavy atom. The van der Waals surface area contributed by atoms with E-state index < -0.39 is 18.2 Å². The van der Waals surface area contributed by atoms with E-state index in [2.05, 4.69) is 0 Å². The lowest BCUT2D eigenvalue weighted by Crippen LogP contribution is -2.18. The zero-order valence-electron chi connectivity index (χ0n) is 15.2. The largest absolute Gasteiger partial charge is 0.480 e. The number of carboxylic acid groups (broad SMARTS) is 1. The van der Waals surface area contributed by atoms with Crippen LogP contribution in [0.15, 0.2) is 36.4 Å². The molecule has 0 aromatic heterocycles. The Bertz CT molecular complexity index is 659. The molecule has 0 radical (unpaired) electrons. The lowest BCUT2D eigenvalue weighted by Gasteiger charge is -2.19. The first-order valence-corrected chi connectivity index (χ1v) is 9.53. The van der Waals surface area contributed by atoms with E-state index in [1.165, 1.54) is 12.1 Å². The van der Waals surface area contributed by atoms with Crippen LogP contribution in [0, 0.1) is 29.5 Å². The van der Waals surface area contributed by atoms with Crippen LogP contribution in [0.25, 0.3) is 0 Å². The molecule has 0 saturated heterocycles. The molecule has 6 heteroatoms. The molecule has 0 aliphatic heterocycles. The third-order valence-corrected chi connectivity index (χ3v) is 5.95. The average molecular weight is 378 g/mol. The van der Waals surface area contributed by atoms with Crippen molar-refractivity contribution < 1.29 is 29.2 Å². The van der Waals surface area contributed by atoms with Crippen LogP contribution in [-0.2, 0) is 9.53 Å². The molecule has 3 rings (SSSR count). The number of aliphatic hydroxyl groups is 2. The van der Waals surface area contributed by atoms with Gasteiger partial charge in [-0.1, -0.05) is 24.3 Å². The van der Waals surface area contributed by atoms with Gasteiger partial charge in [0.05, 0.1) is 12.2 Å². The van der Waals surface area contributed by atoms with Gasteiger partial charge in [-0.05, 0) is 61.1 Å². The summed E-state index contributed by atoms with van der Waals surface area (Å²) in [7, 11) is 0. The molecule has 0 heterocycles. The zero-order valence-corrected chi connectivity index (χ0v) is 15.2. The molecule has 148 valence electrons. The van der Waals surface area contributed by atoms with Crippen molar-refractivity contribution in [3.63, 3.8) is 0 Å². The molecule has 2 fully saturated rings. The molecule has 5 nitrogen and oxygen atoms in total. The molecule has 2 aliphatic carbocycles. The average Bonchev–Trinajstić information content (AvgIpc) is 3.13. The number of benzene rings is 1. The quantitative estimate of drug-likeness (QED) is 0.478. The maximum absolute atomic E-state index is 13.0. The number of aliphatic hydroxyl groups excluding tert-OH is 2. The van der Waals surface area contributed by atoms with Crippen molar-refractivity contribution in [2.45, 2.75) is 37.9 Å². The van der Waals surface area contributed by atoms with Crippen LogP contribution in [0.1, 0.15) is 37.4 Å². The summed E-state index contributed by atoms with van der Waals surface area (Å²) in [4.78, 5) is 10.5. The topological polar surface area (TPSA) is 87.0 Å². The van der Waals surface area contributed by atoms with E-state index in [1.807, 2.05) is 6.08 Å². The van der Waals surface area contributed by atoms with E-state index in [4.69, 9.17) is 9.84 Å². The van der Waals surface area contributed by atoms with Crippen LogP contribution in [0.3, 0.4) is 0 Å². The monoisotopic (exact) mass is 378 g/mol. The van der Waals surface area contributed by atoms with Gasteiger partial charge in [0.2, 0.25) is 0 Å². The van der Waals surface area contributed by atoms with Gasteiger partial charge in [-0.3, -0.25) is 0 Å². The number of hydrogen-bond donors (Lipinski definition) is 3. The van der Waals surface area contributed by atoms with Crippen LogP contribution in [0.2, 0.25) is 0 Å². The van der Waals surface area contributed by atoms with Crippen molar-refractivity contribution in [3.8, 4) is 0 Å². The summed E-state index contributed by atoms with van der Waals surface area (Å²) in [5.41, 5.74) is 0.622. The van der Waals surface area contributed by atoms with Gasteiger partial charge >= 0.3 is 5.97 Å². The van der Waals surface area contributed by atoms with Gasteiger partial charge in [-0.2, -0.15) is 0 Å². The normalized spacial score (nSPS) is 31.3. The Morgan fingerprint density at radius 3 is 2.70 bits per heavy atom. The Morgan fingerprint density at radius 1 is 1.26 bits per heavy atom. The lowest BCUT2D eigenvalue weighted by molar-refractivity contribution is -0.142. The zero-order chi connectivity index (χ0) is 19.4. The van der Waals surface area contributed by atoms with Gasteiger partial charge in [0.15, 0.2) is 0 Å². The van der Waals surface area contributed by atoms with Crippen molar-refractivity contribution in [3.05, 3.63) is 47.8 Å². The predicted octanol–water partition coefficient (Wildman–Crippen LogP) is 2.93. The van der Waals surface area contributed by atoms with Gasteiger partial charge in [-0.15, -0.1) is 0 Å². The first kappa shape index (κ1) is 20.0. The summed E-state index contributed by atoms with van der Waals surface area (Å²) in [6, 6.07) is 5.75. The molecule has 0 spiro atoms. The Balaban J connectivity index is 1.53. The fourth-order valence-corrected chi connectivity index (χ4v) is 4.69. The van der Waals surface area contributed by atoms with Crippen molar-refractivity contribution >= 4 is 5.97 Å². The third kappa shape index (κ3) is 5.15. The molecule has 0 amide bonds. The summed E-state index contributed by atoms with van der Waals surface area (Å²) in [5.74, 6) is 0.0390. The van der Waals surface area contributed by atoms with Gasteiger partial charge in [0.1, 0.15) is 12.4 Å². The van der Waals surface area contributed by atoms with E-state index in [0.717, 1.165) is 25.7 Å². The van der Waals surface area contributed by atoms with E-state index in [9.17, 15) is 19.4 Å². The van der Waals surface area contributed by atoms with E-state index >= 15 is 0 Å². The summed E-state index contributed by atoms with van der Waals surface area (Å²) < 4.78 is 18.1. The van der Waals surface area contributed by atoms with E-state index in [-0.39, 0.29) is 18.3 Å². The highest BCUT2D eigenvalue weighted by molar-refractivity contribution is 5.67. The van der Waals surface area contributed by atoms with Crippen LogP contribution in [0.5, 0.6) is 0 Å². The highest BCUT2D eigenvalue weighted by Crippen LogP contribution is 2.51. The Hall–Kier alpha value is -1.76. The van der Waals surface area contributed by atoms with Crippen LogP contribution >= 0.6 is 0 Å². The minimum Gasteiger partial charge on any atom is -0.480 e. The summed E-state index contributed by atoms with van der Waals surface area (Å²) in [6.45, 7) is 0.188. The highest BCUT2D eigenvalue weighted by atomic mass is 19.1. The fourth-order valence-electron chi connectivity index (χ4n) is 4.69. The summed E-state index contributed by atoms with van der Waals surface area (Å²) in [5, 5.41) is 29.3. The van der Waals surface area contributed by atoms with Crippen molar-refractivity contribution in [1.82, 2.24) is 0 Å². The molecule has 3 N–H and O–H groups in total. The minimum absolute atomic E-state index is 0.00929. The maximum atomic E-state index is 13.0. The standard InChI is InChI=1S/C21H27FO5/c22-16-3-1-14(2-4-16)19(23)6-5-17-18-10-13(7-8-27-12-21(25)26)9-15(18)11-20(17)24/h1-6,13,15,17-20,23-24H,7-12H2,(H,25,26)/t13?,15-,17+,18+,19?,20+/m0/s1. The van der Waals surface area contributed by atoms with Gasteiger partial charge in [-0.25, -0.2) is 9.18 Å². The van der Waals surface area contributed by atoms with Crippen molar-refractivity contribution in [1.29, 1.82) is 0 Å². The fraction of sp³-hybridized carbons (Fsp3) is 0.571. The van der Waals surface area contributed by atoms with E-state index in [0.29, 0.717) is 29.9 Å². The summed E-state index contributed by atoms with van der Waals surface area (Å²) >= 11 is 0. The number of carboxylic acids is 1. The number of rotatable bonds is 8. The second-order valence-electron chi connectivity index (χ2n) is 7.76. The molecule has 2 unspecified atom stereocenters. The molecule has 2 aliphatic rings. The minimum atomic E-state index is -0.952. The molecule has 1 aromatic rings. The second-order valence-corrected chi connectivity index (χ2v) is 7.76. The van der Waals surface area contributed by atoms with Crippen molar-refractivity contribution in [2.75, 3.05) is 13.2 Å². The van der Waals surface area contributed by atoms with Gasteiger partial charge in [0.25, 0.3) is 0 Å². The Kier molecular flexibility index (Phi) is 6.63. The lowest BCUT2D eigenvalue weighted by atomic mass is 9.89. The van der Waals surface area contributed by atoms with Gasteiger partial charge in [0, 0.05) is 12.5 Å². The molecule has 1 aromatic carbocycles. The van der Waals surface area contributed by atoms with Crippen molar-refractivity contribution in [2.24, 2.45) is 23.7 Å². The SMILES string of the molecule is O=C(O)COCCC1C[C@H]2C[C@@H](O)[C@H](C=CC(O)c3ccc(F)cc3)[C@@H]2C1. The smallest absolute Gasteiger partial charge is 0.329 e. The van der Waals surface area contributed by atoms with Gasteiger partial charge < -0.3 is 20.1 Å². The molecular weight excluding hydrogens is 351 g/mol. The maximum Gasteiger partial charge on any atom is 0.329 e. The number of ether oxygens (including phenoxy) is 1. The number of carbonyl (C=O) groups is 1. The molecule has 0 bridgehead atoms. The number of fused-ring (bicyclic) bond motifs is 1. The van der Waals surface area contributed by atoms with Crippen LogP contribution < -0.4 is 0 Å². The third-order valence-electron chi connectivity index (χ3n) is 5.95.